The number of sulfonamides is 1. The van der Waals surface area contributed by atoms with Crippen molar-refractivity contribution in [3.8, 4) is 0 Å². The molecule has 0 saturated carbocycles. The predicted molar refractivity (Wildman–Crippen MR) is 82.2 cm³/mol. The summed E-state index contributed by atoms with van der Waals surface area (Å²) < 4.78 is 40.1. The second kappa shape index (κ2) is 5.42. The van der Waals surface area contributed by atoms with Crippen molar-refractivity contribution < 1.29 is 12.8 Å². The van der Waals surface area contributed by atoms with Gasteiger partial charge in [-0.1, -0.05) is 20.8 Å². The SMILES string of the molecule is CC(C)(C)c1cc(NS(=O)(=O)c2ccc(F)cc2Br)n[nH]1. The molecule has 2 aromatic rings. The third-order valence-electron chi connectivity index (χ3n) is 2.81. The molecule has 2 N–H and O–H groups in total. The lowest BCUT2D eigenvalue weighted by molar-refractivity contribution is 0.567. The Labute approximate surface area is 131 Å². The van der Waals surface area contributed by atoms with Gasteiger partial charge in [-0.2, -0.15) is 5.10 Å². The van der Waals surface area contributed by atoms with Crippen LogP contribution in [0.5, 0.6) is 0 Å². The molecule has 1 aromatic carbocycles. The molecule has 8 heteroatoms. The molecule has 0 spiro atoms. The zero-order valence-electron chi connectivity index (χ0n) is 11.7. The number of benzene rings is 1. The van der Waals surface area contributed by atoms with Gasteiger partial charge in [0.1, 0.15) is 10.7 Å². The summed E-state index contributed by atoms with van der Waals surface area (Å²) >= 11 is 3.05. The van der Waals surface area contributed by atoms with E-state index >= 15 is 0 Å². The maximum absolute atomic E-state index is 13.0. The summed E-state index contributed by atoms with van der Waals surface area (Å²) in [4.78, 5) is -0.0517. The van der Waals surface area contributed by atoms with Crippen LogP contribution in [0.25, 0.3) is 0 Å². The Morgan fingerprint density at radius 3 is 2.48 bits per heavy atom. The topological polar surface area (TPSA) is 74.8 Å². The minimum absolute atomic E-state index is 0.0517. The monoisotopic (exact) mass is 375 g/mol. The van der Waals surface area contributed by atoms with Crippen LogP contribution in [0.15, 0.2) is 33.6 Å². The third-order valence-corrected chi connectivity index (χ3v) is 5.14. The number of halogens is 2. The molecule has 0 aliphatic heterocycles. The van der Waals surface area contributed by atoms with Crippen LogP contribution in [0.4, 0.5) is 10.2 Å². The Hall–Kier alpha value is -1.41. The standard InChI is InChI=1S/C13H15BrFN3O2S/c1-13(2,3)11-7-12(17-16-11)18-21(19,20)10-5-4-8(15)6-9(10)14/h4-7H,1-3H3,(H2,16,17,18). The Morgan fingerprint density at radius 2 is 1.95 bits per heavy atom. The van der Waals surface area contributed by atoms with E-state index in [4.69, 9.17) is 0 Å². The molecular weight excluding hydrogens is 361 g/mol. The minimum Gasteiger partial charge on any atom is -0.280 e. The molecule has 0 atom stereocenters. The molecule has 5 nitrogen and oxygen atoms in total. The van der Waals surface area contributed by atoms with Gasteiger partial charge >= 0.3 is 0 Å². The first-order valence-electron chi connectivity index (χ1n) is 6.13. The van der Waals surface area contributed by atoms with Crippen LogP contribution in [0, 0.1) is 5.82 Å². The second-order valence-electron chi connectivity index (χ2n) is 5.60. The van der Waals surface area contributed by atoms with Crippen molar-refractivity contribution in [2.45, 2.75) is 31.1 Å². The van der Waals surface area contributed by atoms with E-state index in [1.807, 2.05) is 20.8 Å². The van der Waals surface area contributed by atoms with Gasteiger partial charge in [-0.25, -0.2) is 12.8 Å². The maximum atomic E-state index is 13.0. The smallest absolute Gasteiger partial charge is 0.264 e. The molecule has 0 amide bonds. The van der Waals surface area contributed by atoms with Crippen LogP contribution >= 0.6 is 15.9 Å². The summed E-state index contributed by atoms with van der Waals surface area (Å²) in [5, 5.41) is 6.73. The highest BCUT2D eigenvalue weighted by atomic mass is 79.9. The second-order valence-corrected chi connectivity index (χ2v) is 8.10. The first-order valence-corrected chi connectivity index (χ1v) is 8.41. The van der Waals surface area contributed by atoms with Crippen molar-refractivity contribution in [2.24, 2.45) is 0 Å². The van der Waals surface area contributed by atoms with Gasteiger partial charge < -0.3 is 0 Å². The first-order chi connectivity index (χ1) is 9.59. The number of hydrogen-bond acceptors (Lipinski definition) is 3. The molecule has 1 aromatic heterocycles. The fourth-order valence-electron chi connectivity index (χ4n) is 1.64. The number of nitrogens with zero attached hydrogens (tertiary/aromatic N) is 1. The Balaban J connectivity index is 2.31. The predicted octanol–water partition coefficient (Wildman–Crippen LogP) is 3.41. The van der Waals surface area contributed by atoms with Crippen LogP contribution in [0.2, 0.25) is 0 Å². The van der Waals surface area contributed by atoms with E-state index in [9.17, 15) is 12.8 Å². The number of H-pyrrole nitrogens is 1. The summed E-state index contributed by atoms with van der Waals surface area (Å²) in [5.74, 6) is -0.327. The van der Waals surface area contributed by atoms with Gasteiger partial charge in [-0.05, 0) is 34.1 Å². The van der Waals surface area contributed by atoms with Crippen LogP contribution < -0.4 is 4.72 Å². The maximum Gasteiger partial charge on any atom is 0.264 e. The fourth-order valence-corrected chi connectivity index (χ4v) is 3.69. The van der Waals surface area contributed by atoms with Gasteiger partial charge in [0.05, 0.1) is 0 Å². The Kier molecular flexibility index (Phi) is 4.12. The van der Waals surface area contributed by atoms with E-state index in [0.717, 1.165) is 17.8 Å². The minimum atomic E-state index is -3.84. The van der Waals surface area contributed by atoms with Gasteiger partial charge in [-0.3, -0.25) is 9.82 Å². The lowest BCUT2D eigenvalue weighted by Crippen LogP contribution is -2.14. The average molecular weight is 376 g/mol. The molecule has 0 bridgehead atoms. The van der Waals surface area contributed by atoms with Gasteiger partial charge in [0.25, 0.3) is 10.0 Å². The van der Waals surface area contributed by atoms with Gasteiger partial charge in [0.2, 0.25) is 0 Å². The summed E-state index contributed by atoms with van der Waals surface area (Å²) in [6, 6.07) is 5.01. The Morgan fingerprint density at radius 1 is 1.29 bits per heavy atom. The van der Waals surface area contributed by atoms with Crippen LogP contribution in [-0.4, -0.2) is 18.6 Å². The zero-order valence-corrected chi connectivity index (χ0v) is 14.1. The molecule has 21 heavy (non-hydrogen) atoms. The first kappa shape index (κ1) is 16.0. The van der Waals surface area contributed by atoms with Crippen LogP contribution in [0.1, 0.15) is 26.5 Å². The number of rotatable bonds is 3. The number of nitrogens with one attached hydrogen (secondary N) is 2. The number of aromatic amines is 1. The highest BCUT2D eigenvalue weighted by Crippen LogP contribution is 2.26. The number of hydrogen-bond donors (Lipinski definition) is 2. The van der Waals surface area contributed by atoms with E-state index < -0.39 is 15.8 Å². The molecule has 114 valence electrons. The van der Waals surface area contributed by atoms with Crippen LogP contribution in [0.3, 0.4) is 0 Å². The fraction of sp³-hybridized carbons (Fsp3) is 0.308. The van der Waals surface area contributed by atoms with Crippen molar-refractivity contribution >= 4 is 31.8 Å². The van der Waals surface area contributed by atoms with Crippen molar-refractivity contribution in [1.82, 2.24) is 10.2 Å². The number of anilines is 1. The summed E-state index contributed by atoms with van der Waals surface area (Å²) in [6.07, 6.45) is 0. The van der Waals surface area contributed by atoms with Crippen LogP contribution in [-0.2, 0) is 15.4 Å². The quantitative estimate of drug-likeness (QED) is 0.862. The summed E-state index contributed by atoms with van der Waals surface area (Å²) in [6.45, 7) is 5.94. The van der Waals surface area contributed by atoms with Gasteiger partial charge in [0.15, 0.2) is 5.82 Å². The molecule has 0 fully saturated rings. The summed E-state index contributed by atoms with van der Waals surface area (Å²) in [5.41, 5.74) is 0.631. The van der Waals surface area contributed by atoms with E-state index in [0.29, 0.717) is 0 Å². The number of aromatic nitrogens is 2. The van der Waals surface area contributed by atoms with Crippen molar-refractivity contribution in [2.75, 3.05) is 4.72 Å². The van der Waals surface area contributed by atoms with E-state index in [1.165, 1.54) is 6.07 Å². The molecule has 2 rings (SSSR count). The highest BCUT2D eigenvalue weighted by Gasteiger charge is 2.22. The molecular formula is C13H15BrFN3O2S. The lowest BCUT2D eigenvalue weighted by atomic mass is 9.92. The van der Waals surface area contributed by atoms with E-state index in [1.54, 1.807) is 6.07 Å². The molecule has 0 radical (unpaired) electrons. The van der Waals surface area contributed by atoms with E-state index in [2.05, 4.69) is 30.8 Å². The lowest BCUT2D eigenvalue weighted by Gasteiger charge is -2.14. The van der Waals surface area contributed by atoms with Crippen molar-refractivity contribution in [3.05, 3.63) is 40.2 Å². The molecule has 0 aliphatic rings. The third kappa shape index (κ3) is 3.62. The molecule has 0 saturated heterocycles. The van der Waals surface area contributed by atoms with Gasteiger partial charge in [-0.15, -0.1) is 0 Å². The molecule has 0 aliphatic carbocycles. The average Bonchev–Trinajstić information content (AvgIpc) is 2.75. The van der Waals surface area contributed by atoms with Crippen molar-refractivity contribution in [1.29, 1.82) is 0 Å². The van der Waals surface area contributed by atoms with Gasteiger partial charge in [0, 0.05) is 21.6 Å². The summed E-state index contributed by atoms with van der Waals surface area (Å²) in [7, 11) is -3.84. The highest BCUT2D eigenvalue weighted by molar-refractivity contribution is 9.10. The largest absolute Gasteiger partial charge is 0.280 e. The molecule has 0 unspecified atom stereocenters. The zero-order chi connectivity index (χ0) is 15.8. The Bertz CT molecular complexity index is 766. The van der Waals surface area contributed by atoms with E-state index in [-0.39, 0.29) is 20.6 Å². The normalized spacial score (nSPS) is 12.4. The van der Waals surface area contributed by atoms with Crippen molar-refractivity contribution in [3.63, 3.8) is 0 Å². The molecule has 1 heterocycles.